The molecule has 3 nitrogen and oxygen atoms in total. The van der Waals surface area contributed by atoms with E-state index in [0.29, 0.717) is 5.57 Å². The van der Waals surface area contributed by atoms with Gasteiger partial charge in [-0.1, -0.05) is 6.58 Å². The molecule has 0 saturated heterocycles. The average Bonchev–Trinajstić information content (AvgIpc) is 2.03. The van der Waals surface area contributed by atoms with Gasteiger partial charge < -0.3 is 9.74 Å². The molecular formula is C8H17NO2Si. The van der Waals surface area contributed by atoms with Crippen LogP contribution in [-0.4, -0.2) is 29.3 Å². The molecule has 70 valence electrons. The van der Waals surface area contributed by atoms with E-state index in [1.165, 1.54) is 0 Å². The van der Waals surface area contributed by atoms with Crippen LogP contribution >= 0.6 is 0 Å². The Labute approximate surface area is 76.1 Å². The molecule has 0 saturated carbocycles. The van der Waals surface area contributed by atoms with Crippen LogP contribution in [0.15, 0.2) is 12.2 Å². The van der Waals surface area contributed by atoms with Crippen molar-refractivity contribution in [1.29, 1.82) is 0 Å². The zero-order valence-electron chi connectivity index (χ0n) is 7.85. The first kappa shape index (κ1) is 11.4. The summed E-state index contributed by atoms with van der Waals surface area (Å²) >= 11 is 0. The van der Waals surface area contributed by atoms with Crippen LogP contribution < -0.4 is 5.32 Å². The summed E-state index contributed by atoms with van der Waals surface area (Å²) < 4.78 is 5.00. The zero-order valence-corrected chi connectivity index (χ0v) is 9.27. The molecule has 0 atom stereocenters. The summed E-state index contributed by atoms with van der Waals surface area (Å²) in [4.78, 5) is 10.9. The van der Waals surface area contributed by atoms with Crippen LogP contribution in [0.1, 0.15) is 13.3 Å². The molecule has 0 spiro atoms. The third-order valence-corrected chi connectivity index (χ3v) is 2.65. The quantitative estimate of drug-likeness (QED) is 0.367. The molecule has 0 radical (unpaired) electrons. The Hall–Kier alpha value is -0.613. The highest BCUT2D eigenvalue weighted by atomic mass is 28.2. The van der Waals surface area contributed by atoms with Crippen molar-refractivity contribution >= 4 is 15.7 Å². The minimum atomic E-state index is -0.316. The molecule has 0 heterocycles. The van der Waals surface area contributed by atoms with E-state index < -0.39 is 0 Å². The monoisotopic (exact) mass is 187 g/mol. The molecular weight excluding hydrogens is 170 g/mol. The lowest BCUT2D eigenvalue weighted by atomic mass is 10.3. The normalized spacial score (nSPS) is 10.5. The minimum absolute atomic E-state index is 0.0471. The highest BCUT2D eigenvalue weighted by Crippen LogP contribution is 1.89. The summed E-state index contributed by atoms with van der Waals surface area (Å²) in [6, 6.07) is 1.12. The van der Waals surface area contributed by atoms with Crippen molar-refractivity contribution in [2.24, 2.45) is 0 Å². The second-order valence-corrected chi connectivity index (χ2v) is 4.43. The standard InChI is InChI=1S/C8H17NO2Si/c1-7(2)8(10)9-5-4-6-12-11-3/h1,4-6,12H2,2-3H3,(H,9,10). The molecule has 12 heavy (non-hydrogen) atoms. The highest BCUT2D eigenvalue weighted by molar-refractivity contribution is 6.26. The maximum absolute atomic E-state index is 10.9. The van der Waals surface area contributed by atoms with Crippen LogP contribution in [0.25, 0.3) is 0 Å². The Kier molecular flexibility index (Phi) is 6.70. The highest BCUT2D eigenvalue weighted by Gasteiger charge is 1.98. The molecule has 0 aromatic rings. The van der Waals surface area contributed by atoms with Crippen molar-refractivity contribution in [2.75, 3.05) is 13.7 Å². The molecule has 0 aromatic carbocycles. The van der Waals surface area contributed by atoms with E-state index in [4.69, 9.17) is 4.43 Å². The number of amides is 1. The van der Waals surface area contributed by atoms with Gasteiger partial charge in [-0.15, -0.1) is 0 Å². The first-order valence-electron chi connectivity index (χ1n) is 4.11. The minimum Gasteiger partial charge on any atom is -0.427 e. The molecule has 0 fully saturated rings. The van der Waals surface area contributed by atoms with Crippen LogP contribution in [0, 0.1) is 0 Å². The maximum Gasteiger partial charge on any atom is 0.246 e. The van der Waals surface area contributed by atoms with Crippen molar-refractivity contribution in [3.63, 3.8) is 0 Å². The van der Waals surface area contributed by atoms with Gasteiger partial charge in [0, 0.05) is 19.2 Å². The van der Waals surface area contributed by atoms with E-state index in [9.17, 15) is 4.79 Å². The van der Waals surface area contributed by atoms with Crippen LogP contribution in [-0.2, 0) is 9.22 Å². The van der Waals surface area contributed by atoms with Crippen molar-refractivity contribution < 1.29 is 9.22 Å². The smallest absolute Gasteiger partial charge is 0.246 e. The number of carbonyl (C=O) groups is 1. The number of hydrogen-bond acceptors (Lipinski definition) is 2. The number of rotatable bonds is 6. The first-order chi connectivity index (χ1) is 5.68. The van der Waals surface area contributed by atoms with Crippen LogP contribution in [0.3, 0.4) is 0 Å². The SMILES string of the molecule is C=C(C)C(=O)NCCC[SiH2]OC. The van der Waals surface area contributed by atoms with Gasteiger partial charge >= 0.3 is 0 Å². The third kappa shape index (κ3) is 6.12. The molecule has 0 bridgehead atoms. The molecule has 4 heteroatoms. The third-order valence-electron chi connectivity index (χ3n) is 1.45. The van der Waals surface area contributed by atoms with Crippen LogP contribution in [0.2, 0.25) is 6.04 Å². The lowest BCUT2D eigenvalue weighted by molar-refractivity contribution is -0.117. The van der Waals surface area contributed by atoms with Crippen molar-refractivity contribution in [1.82, 2.24) is 5.32 Å². The molecule has 0 aliphatic rings. The summed E-state index contributed by atoms with van der Waals surface area (Å²) in [5, 5.41) is 2.77. The van der Waals surface area contributed by atoms with Gasteiger partial charge in [0.1, 0.15) is 0 Å². The Balaban J connectivity index is 3.20. The van der Waals surface area contributed by atoms with E-state index in [-0.39, 0.29) is 15.7 Å². The van der Waals surface area contributed by atoms with Gasteiger partial charge in [0.15, 0.2) is 9.76 Å². The van der Waals surface area contributed by atoms with Gasteiger partial charge in [-0.25, -0.2) is 0 Å². The molecule has 0 aliphatic carbocycles. The van der Waals surface area contributed by atoms with Gasteiger partial charge in [-0.05, 0) is 19.4 Å². The van der Waals surface area contributed by atoms with E-state index in [2.05, 4.69) is 11.9 Å². The number of hydrogen-bond donors (Lipinski definition) is 1. The maximum atomic E-state index is 10.9. The van der Waals surface area contributed by atoms with Crippen LogP contribution in [0.4, 0.5) is 0 Å². The fourth-order valence-electron chi connectivity index (χ4n) is 0.724. The van der Waals surface area contributed by atoms with Crippen molar-refractivity contribution in [3.05, 3.63) is 12.2 Å². The van der Waals surface area contributed by atoms with Crippen molar-refractivity contribution in [3.8, 4) is 0 Å². The number of nitrogens with one attached hydrogen (secondary N) is 1. The van der Waals surface area contributed by atoms with Gasteiger partial charge in [0.25, 0.3) is 0 Å². The lowest BCUT2D eigenvalue weighted by Crippen LogP contribution is -2.24. The molecule has 1 amide bonds. The van der Waals surface area contributed by atoms with Gasteiger partial charge in [-0.3, -0.25) is 4.79 Å². The summed E-state index contributed by atoms with van der Waals surface area (Å²) in [5.74, 6) is -0.0471. The molecule has 0 rings (SSSR count). The largest absolute Gasteiger partial charge is 0.427 e. The average molecular weight is 187 g/mol. The Bertz CT molecular complexity index is 159. The summed E-state index contributed by atoms with van der Waals surface area (Å²) in [6.07, 6.45) is 1.01. The van der Waals surface area contributed by atoms with Gasteiger partial charge in [-0.2, -0.15) is 0 Å². The predicted molar refractivity (Wildman–Crippen MR) is 52.8 cm³/mol. The predicted octanol–water partition coefficient (Wildman–Crippen LogP) is 0.217. The van der Waals surface area contributed by atoms with E-state index in [0.717, 1.165) is 19.0 Å². The molecule has 0 aliphatic heterocycles. The molecule has 0 aromatic heterocycles. The Morgan fingerprint density at radius 1 is 1.67 bits per heavy atom. The topological polar surface area (TPSA) is 38.3 Å². The first-order valence-corrected chi connectivity index (χ1v) is 5.69. The fourth-order valence-corrected chi connectivity index (χ4v) is 1.47. The number of carbonyl (C=O) groups excluding carboxylic acids is 1. The van der Waals surface area contributed by atoms with E-state index in [1.54, 1.807) is 14.0 Å². The summed E-state index contributed by atoms with van der Waals surface area (Å²) in [5.41, 5.74) is 0.569. The zero-order chi connectivity index (χ0) is 9.40. The Morgan fingerprint density at radius 3 is 2.83 bits per heavy atom. The molecule has 1 N–H and O–H groups in total. The second-order valence-electron chi connectivity index (χ2n) is 2.74. The van der Waals surface area contributed by atoms with Gasteiger partial charge in [0.05, 0.1) is 0 Å². The Morgan fingerprint density at radius 2 is 2.33 bits per heavy atom. The lowest BCUT2D eigenvalue weighted by Gasteiger charge is -2.03. The summed E-state index contributed by atoms with van der Waals surface area (Å²) in [6.45, 7) is 5.99. The fraction of sp³-hybridized carbons (Fsp3) is 0.625. The van der Waals surface area contributed by atoms with Crippen molar-refractivity contribution in [2.45, 2.75) is 19.4 Å². The van der Waals surface area contributed by atoms with E-state index >= 15 is 0 Å². The van der Waals surface area contributed by atoms with Crippen LogP contribution in [0.5, 0.6) is 0 Å². The van der Waals surface area contributed by atoms with E-state index in [1.807, 2.05) is 0 Å². The van der Waals surface area contributed by atoms with Gasteiger partial charge in [0.2, 0.25) is 5.91 Å². The summed E-state index contributed by atoms with van der Waals surface area (Å²) in [7, 11) is 1.42. The second kappa shape index (κ2) is 7.06. The molecule has 0 unspecified atom stereocenters.